The van der Waals surface area contributed by atoms with E-state index in [9.17, 15) is 18.0 Å². The molecule has 1 aromatic carbocycles. The molecule has 2 aromatic rings. The van der Waals surface area contributed by atoms with Crippen LogP contribution in [0.2, 0.25) is 0 Å². The summed E-state index contributed by atoms with van der Waals surface area (Å²) in [5, 5.41) is 0. The molecule has 0 saturated carbocycles. The maximum Gasteiger partial charge on any atom is 0.422 e. The molecule has 0 atom stereocenters. The van der Waals surface area contributed by atoms with Crippen LogP contribution in [0, 0.1) is 0 Å². The van der Waals surface area contributed by atoms with E-state index < -0.39 is 12.8 Å². The lowest BCUT2D eigenvalue weighted by Gasteiger charge is -2.28. The van der Waals surface area contributed by atoms with E-state index in [2.05, 4.69) is 9.72 Å². The second kappa shape index (κ2) is 6.51. The Bertz CT molecular complexity index is 729. The monoisotopic (exact) mass is 336 g/mol. The number of carbonyl (C=O) groups excluding carboxylic acids is 1. The number of nitrogens with zero attached hydrogens (tertiary/aromatic N) is 2. The largest absolute Gasteiger partial charge is 0.468 e. The van der Waals surface area contributed by atoms with Crippen LogP contribution in [0.3, 0.4) is 0 Å². The van der Waals surface area contributed by atoms with Crippen molar-refractivity contribution in [1.29, 1.82) is 0 Å². The van der Waals surface area contributed by atoms with Crippen LogP contribution in [0.25, 0.3) is 0 Å². The molecule has 1 amide bonds. The Balaban J connectivity index is 1.65. The van der Waals surface area contributed by atoms with Crippen LogP contribution in [-0.4, -0.2) is 35.1 Å². The summed E-state index contributed by atoms with van der Waals surface area (Å²) in [4.78, 5) is 18.0. The molecule has 0 spiro atoms. The van der Waals surface area contributed by atoms with Crippen LogP contribution >= 0.6 is 0 Å². The minimum atomic E-state index is -4.42. The van der Waals surface area contributed by atoms with Gasteiger partial charge >= 0.3 is 6.18 Å². The van der Waals surface area contributed by atoms with Crippen molar-refractivity contribution in [2.24, 2.45) is 0 Å². The average Bonchev–Trinajstić information content (AvgIpc) is 2.59. The molecule has 0 aliphatic carbocycles. The molecule has 2 heterocycles. The van der Waals surface area contributed by atoms with Crippen molar-refractivity contribution >= 4 is 5.91 Å². The maximum atomic E-state index is 12.5. The van der Waals surface area contributed by atoms with Crippen LogP contribution in [0.4, 0.5) is 13.2 Å². The van der Waals surface area contributed by atoms with Gasteiger partial charge in [0.05, 0.1) is 5.56 Å². The molecule has 1 aromatic heterocycles. The molecule has 4 nitrogen and oxygen atoms in total. The maximum absolute atomic E-state index is 12.5. The molecule has 126 valence electrons. The van der Waals surface area contributed by atoms with Gasteiger partial charge in [0, 0.05) is 25.4 Å². The third kappa shape index (κ3) is 3.84. The molecular weight excluding hydrogens is 321 g/mol. The molecule has 0 fully saturated rings. The highest BCUT2D eigenvalue weighted by Gasteiger charge is 2.28. The smallest absolute Gasteiger partial charge is 0.422 e. The molecule has 0 N–H and O–H groups in total. The molecule has 0 radical (unpaired) electrons. The minimum absolute atomic E-state index is 0.159. The van der Waals surface area contributed by atoms with Gasteiger partial charge in [-0.15, -0.1) is 0 Å². The van der Waals surface area contributed by atoms with Gasteiger partial charge in [0.15, 0.2) is 6.61 Å². The molecular formula is C17H15F3N2O2. The van der Waals surface area contributed by atoms with Gasteiger partial charge in [0.2, 0.25) is 5.88 Å². The number of aromatic nitrogens is 1. The highest BCUT2D eigenvalue weighted by atomic mass is 19.4. The fourth-order valence-corrected chi connectivity index (χ4v) is 2.60. The first-order chi connectivity index (χ1) is 11.4. The van der Waals surface area contributed by atoms with Crippen molar-refractivity contribution in [2.75, 3.05) is 13.2 Å². The van der Waals surface area contributed by atoms with E-state index >= 15 is 0 Å². The Morgan fingerprint density at radius 2 is 1.92 bits per heavy atom. The number of ether oxygens (including phenoxy) is 1. The Kier molecular flexibility index (Phi) is 4.42. The number of hydrogen-bond donors (Lipinski definition) is 0. The van der Waals surface area contributed by atoms with Crippen molar-refractivity contribution in [3.05, 3.63) is 59.3 Å². The van der Waals surface area contributed by atoms with Crippen molar-refractivity contribution in [2.45, 2.75) is 19.1 Å². The van der Waals surface area contributed by atoms with Gasteiger partial charge in [0.25, 0.3) is 5.91 Å². The topological polar surface area (TPSA) is 42.4 Å². The lowest BCUT2D eigenvalue weighted by atomic mass is 9.99. The highest BCUT2D eigenvalue weighted by Crippen LogP contribution is 2.21. The molecule has 24 heavy (non-hydrogen) atoms. The molecule has 0 saturated heterocycles. The standard InChI is InChI=1S/C17H15F3N2O2/c18-17(19,20)11-24-15-6-5-13(9-21-15)16(23)22-8-7-12-3-1-2-4-14(12)10-22/h1-6,9H,7-8,10-11H2. The summed E-state index contributed by atoms with van der Waals surface area (Å²) in [7, 11) is 0. The van der Waals surface area contributed by atoms with E-state index in [4.69, 9.17) is 0 Å². The summed E-state index contributed by atoms with van der Waals surface area (Å²) in [6.07, 6.45) is -2.39. The molecule has 0 unspecified atom stereocenters. The second-order valence-corrected chi connectivity index (χ2v) is 5.53. The molecule has 1 aliphatic heterocycles. The van der Waals surface area contributed by atoms with Crippen LogP contribution in [0.15, 0.2) is 42.6 Å². The van der Waals surface area contributed by atoms with Gasteiger partial charge in [-0.25, -0.2) is 4.98 Å². The summed E-state index contributed by atoms with van der Waals surface area (Å²) in [5.74, 6) is -0.354. The highest BCUT2D eigenvalue weighted by molar-refractivity contribution is 5.94. The number of alkyl halides is 3. The average molecular weight is 336 g/mol. The van der Waals surface area contributed by atoms with Gasteiger partial charge in [-0.3, -0.25) is 4.79 Å². The van der Waals surface area contributed by atoms with Crippen molar-refractivity contribution in [3.63, 3.8) is 0 Å². The third-order valence-corrected chi connectivity index (χ3v) is 3.78. The van der Waals surface area contributed by atoms with E-state index in [-0.39, 0.29) is 11.8 Å². The first-order valence-electron chi connectivity index (χ1n) is 7.44. The number of carbonyl (C=O) groups is 1. The van der Waals surface area contributed by atoms with Crippen LogP contribution in [0.5, 0.6) is 5.88 Å². The van der Waals surface area contributed by atoms with E-state index in [1.54, 1.807) is 4.90 Å². The van der Waals surface area contributed by atoms with Crippen molar-refractivity contribution in [3.8, 4) is 5.88 Å². The Morgan fingerprint density at radius 1 is 1.17 bits per heavy atom. The number of amides is 1. The Labute approximate surface area is 136 Å². The predicted octanol–water partition coefficient (Wildman–Crippen LogP) is 3.22. The minimum Gasteiger partial charge on any atom is -0.468 e. The lowest BCUT2D eigenvalue weighted by molar-refractivity contribution is -0.154. The molecule has 0 bridgehead atoms. The lowest BCUT2D eigenvalue weighted by Crippen LogP contribution is -2.35. The zero-order chi connectivity index (χ0) is 17.2. The number of pyridine rings is 1. The van der Waals surface area contributed by atoms with Gasteiger partial charge in [-0.2, -0.15) is 13.2 Å². The number of hydrogen-bond acceptors (Lipinski definition) is 3. The summed E-state index contributed by atoms with van der Waals surface area (Å²) >= 11 is 0. The number of benzene rings is 1. The van der Waals surface area contributed by atoms with Crippen LogP contribution in [0.1, 0.15) is 21.5 Å². The van der Waals surface area contributed by atoms with E-state index in [0.29, 0.717) is 18.7 Å². The van der Waals surface area contributed by atoms with Gasteiger partial charge in [-0.1, -0.05) is 24.3 Å². The van der Waals surface area contributed by atoms with Crippen LogP contribution < -0.4 is 4.74 Å². The van der Waals surface area contributed by atoms with Crippen LogP contribution in [-0.2, 0) is 13.0 Å². The third-order valence-electron chi connectivity index (χ3n) is 3.78. The summed E-state index contributed by atoms with van der Waals surface area (Å²) in [5.41, 5.74) is 2.67. The second-order valence-electron chi connectivity index (χ2n) is 5.53. The number of rotatable bonds is 3. The zero-order valence-electron chi connectivity index (χ0n) is 12.7. The SMILES string of the molecule is O=C(c1ccc(OCC(F)(F)F)nc1)N1CCc2ccccc2C1. The number of halogens is 3. The summed E-state index contributed by atoms with van der Waals surface area (Å²) < 4.78 is 40.8. The normalized spacial score (nSPS) is 14.2. The van der Waals surface area contributed by atoms with Gasteiger partial charge in [-0.05, 0) is 23.6 Å². The summed E-state index contributed by atoms with van der Waals surface area (Å²) in [6, 6.07) is 10.6. The predicted molar refractivity (Wildman–Crippen MR) is 80.7 cm³/mol. The van der Waals surface area contributed by atoms with Gasteiger partial charge < -0.3 is 9.64 Å². The number of fused-ring (bicyclic) bond motifs is 1. The Morgan fingerprint density at radius 3 is 2.58 bits per heavy atom. The fraction of sp³-hybridized carbons (Fsp3) is 0.294. The quantitative estimate of drug-likeness (QED) is 0.864. The molecule has 1 aliphatic rings. The van der Waals surface area contributed by atoms with Crippen molar-refractivity contribution in [1.82, 2.24) is 9.88 Å². The molecule has 3 rings (SSSR count). The first-order valence-corrected chi connectivity index (χ1v) is 7.44. The van der Waals surface area contributed by atoms with Crippen molar-refractivity contribution < 1.29 is 22.7 Å². The van der Waals surface area contributed by atoms with Gasteiger partial charge in [0.1, 0.15) is 0 Å². The van der Waals surface area contributed by atoms with E-state index in [1.165, 1.54) is 23.9 Å². The zero-order valence-corrected chi connectivity index (χ0v) is 12.7. The Hall–Kier alpha value is -2.57. The fourth-order valence-electron chi connectivity index (χ4n) is 2.60. The molecule has 7 heteroatoms. The first kappa shape index (κ1) is 16.3. The summed E-state index contributed by atoms with van der Waals surface area (Å²) in [6.45, 7) is -0.292. The van der Waals surface area contributed by atoms with E-state index in [1.807, 2.05) is 24.3 Å². The van der Waals surface area contributed by atoms with E-state index in [0.717, 1.165) is 12.0 Å².